The topological polar surface area (TPSA) is 61.4 Å². The van der Waals surface area contributed by atoms with Crippen molar-refractivity contribution in [1.29, 1.82) is 0 Å². The van der Waals surface area contributed by atoms with Crippen molar-refractivity contribution in [3.05, 3.63) is 54.1 Å². The predicted octanol–water partition coefficient (Wildman–Crippen LogP) is 4.45. The van der Waals surface area contributed by atoms with Gasteiger partial charge in [-0.2, -0.15) is 0 Å². The molecular weight excluding hydrogens is 362 g/mol. The van der Waals surface area contributed by atoms with E-state index in [1.807, 2.05) is 36.4 Å². The average Bonchev–Trinajstić information content (AvgIpc) is 2.73. The molecule has 29 heavy (non-hydrogen) atoms. The van der Waals surface area contributed by atoms with Crippen molar-refractivity contribution in [3.63, 3.8) is 0 Å². The number of carbonyl (C=O) groups excluding carboxylic acids is 2. The molecule has 4 rings (SSSR count). The maximum absolute atomic E-state index is 12.4. The monoisotopic (exact) mass is 391 g/mol. The fourth-order valence-electron chi connectivity index (χ4n) is 4.20. The molecule has 0 spiro atoms. The Morgan fingerprint density at radius 1 is 1.10 bits per heavy atom. The molecule has 0 aromatic heterocycles. The number of para-hydroxylation sites is 1. The zero-order valence-corrected chi connectivity index (χ0v) is 17.0. The van der Waals surface area contributed by atoms with E-state index < -0.39 is 0 Å². The highest BCUT2D eigenvalue weighted by molar-refractivity contribution is 5.96. The number of fused-ring (bicyclic) bond motifs is 1. The summed E-state index contributed by atoms with van der Waals surface area (Å²) < 4.78 is 0. The van der Waals surface area contributed by atoms with Gasteiger partial charge in [-0.05, 0) is 67.5 Å². The van der Waals surface area contributed by atoms with Crippen LogP contribution in [0.5, 0.6) is 0 Å². The standard InChI is InChI=1S/C24H29N3O2/c1-17-12-14-27(15-13-17)21-9-7-20(8-10-21)25-23(28)11-6-19-16-18-4-2-3-5-22(18)26-24(19)29/h2-5,7-10,17,19H,6,11-16H2,1H3,(H,25,28)(H,26,29). The Hall–Kier alpha value is -2.82. The zero-order chi connectivity index (χ0) is 20.2. The van der Waals surface area contributed by atoms with E-state index in [0.29, 0.717) is 19.3 Å². The molecule has 2 aliphatic heterocycles. The molecule has 1 atom stereocenters. The van der Waals surface area contributed by atoms with Crippen LogP contribution in [0, 0.1) is 11.8 Å². The van der Waals surface area contributed by atoms with Gasteiger partial charge in [0.05, 0.1) is 0 Å². The zero-order valence-electron chi connectivity index (χ0n) is 17.0. The van der Waals surface area contributed by atoms with E-state index in [9.17, 15) is 9.59 Å². The summed E-state index contributed by atoms with van der Waals surface area (Å²) in [6.07, 6.45) is 4.05. The van der Waals surface area contributed by atoms with E-state index in [2.05, 4.69) is 34.6 Å². The van der Waals surface area contributed by atoms with Gasteiger partial charge in [0.25, 0.3) is 0 Å². The van der Waals surface area contributed by atoms with Crippen LogP contribution in [0.15, 0.2) is 48.5 Å². The lowest BCUT2D eigenvalue weighted by Crippen LogP contribution is -2.32. The maximum Gasteiger partial charge on any atom is 0.227 e. The Kier molecular flexibility index (Phi) is 5.84. The SMILES string of the molecule is CC1CCN(c2ccc(NC(=O)CCC3Cc4ccccc4NC3=O)cc2)CC1. The number of rotatable bonds is 5. The summed E-state index contributed by atoms with van der Waals surface area (Å²) in [6.45, 7) is 4.50. The maximum atomic E-state index is 12.4. The predicted molar refractivity (Wildman–Crippen MR) is 117 cm³/mol. The molecule has 1 saturated heterocycles. The van der Waals surface area contributed by atoms with E-state index in [0.717, 1.165) is 35.9 Å². The van der Waals surface area contributed by atoms with Crippen molar-refractivity contribution in [3.8, 4) is 0 Å². The Morgan fingerprint density at radius 2 is 1.83 bits per heavy atom. The van der Waals surface area contributed by atoms with Gasteiger partial charge in [0, 0.05) is 42.5 Å². The average molecular weight is 392 g/mol. The molecule has 5 nitrogen and oxygen atoms in total. The van der Waals surface area contributed by atoms with E-state index in [1.165, 1.54) is 18.5 Å². The fraction of sp³-hybridized carbons (Fsp3) is 0.417. The summed E-state index contributed by atoms with van der Waals surface area (Å²) in [5.41, 5.74) is 4.05. The second-order valence-corrected chi connectivity index (χ2v) is 8.35. The third kappa shape index (κ3) is 4.78. The van der Waals surface area contributed by atoms with Gasteiger partial charge in [0.2, 0.25) is 11.8 Å². The minimum Gasteiger partial charge on any atom is -0.372 e. The Balaban J connectivity index is 1.27. The highest BCUT2D eigenvalue weighted by Gasteiger charge is 2.26. The van der Waals surface area contributed by atoms with Crippen molar-refractivity contribution < 1.29 is 9.59 Å². The number of benzene rings is 2. The highest BCUT2D eigenvalue weighted by atomic mass is 16.2. The van der Waals surface area contributed by atoms with E-state index in [4.69, 9.17) is 0 Å². The lowest BCUT2D eigenvalue weighted by Gasteiger charge is -2.32. The van der Waals surface area contributed by atoms with Gasteiger partial charge in [-0.15, -0.1) is 0 Å². The number of carbonyl (C=O) groups is 2. The molecule has 1 fully saturated rings. The molecule has 0 bridgehead atoms. The van der Waals surface area contributed by atoms with Gasteiger partial charge in [-0.25, -0.2) is 0 Å². The number of amides is 2. The van der Waals surface area contributed by atoms with Crippen molar-refractivity contribution in [2.24, 2.45) is 11.8 Å². The van der Waals surface area contributed by atoms with Crippen LogP contribution in [0.1, 0.15) is 38.2 Å². The Labute approximate surface area is 172 Å². The molecule has 2 aromatic carbocycles. The number of nitrogens with one attached hydrogen (secondary N) is 2. The summed E-state index contributed by atoms with van der Waals surface area (Å²) >= 11 is 0. The van der Waals surface area contributed by atoms with Gasteiger partial charge < -0.3 is 15.5 Å². The summed E-state index contributed by atoms with van der Waals surface area (Å²) in [7, 11) is 0. The lowest BCUT2D eigenvalue weighted by atomic mass is 9.89. The minimum atomic E-state index is -0.153. The molecule has 2 aliphatic rings. The van der Waals surface area contributed by atoms with Crippen molar-refractivity contribution in [1.82, 2.24) is 0 Å². The van der Waals surface area contributed by atoms with Gasteiger partial charge in [0.1, 0.15) is 0 Å². The first-order chi connectivity index (χ1) is 14.1. The second-order valence-electron chi connectivity index (χ2n) is 8.35. The van der Waals surface area contributed by atoms with E-state index in [1.54, 1.807) is 0 Å². The number of anilines is 3. The molecule has 0 radical (unpaired) electrons. The van der Waals surface area contributed by atoms with Gasteiger partial charge in [0.15, 0.2) is 0 Å². The van der Waals surface area contributed by atoms with Crippen LogP contribution in [-0.4, -0.2) is 24.9 Å². The van der Waals surface area contributed by atoms with E-state index in [-0.39, 0.29) is 17.7 Å². The summed E-state index contributed by atoms with van der Waals surface area (Å²) in [4.78, 5) is 27.1. The molecule has 2 aromatic rings. The van der Waals surface area contributed by atoms with Crippen LogP contribution in [0.3, 0.4) is 0 Å². The van der Waals surface area contributed by atoms with Crippen LogP contribution in [0.2, 0.25) is 0 Å². The number of hydrogen-bond donors (Lipinski definition) is 2. The number of hydrogen-bond acceptors (Lipinski definition) is 3. The first-order valence-electron chi connectivity index (χ1n) is 10.6. The minimum absolute atomic E-state index is 0.0108. The van der Waals surface area contributed by atoms with Crippen molar-refractivity contribution in [2.75, 3.05) is 28.6 Å². The van der Waals surface area contributed by atoms with Gasteiger partial charge in [-0.3, -0.25) is 9.59 Å². The molecule has 0 aliphatic carbocycles. The van der Waals surface area contributed by atoms with Crippen LogP contribution >= 0.6 is 0 Å². The second kappa shape index (κ2) is 8.68. The molecular formula is C24H29N3O2. The van der Waals surface area contributed by atoms with E-state index >= 15 is 0 Å². The van der Waals surface area contributed by atoms with Crippen LogP contribution in [-0.2, 0) is 16.0 Å². The van der Waals surface area contributed by atoms with Crippen molar-refractivity contribution in [2.45, 2.75) is 39.0 Å². The largest absolute Gasteiger partial charge is 0.372 e. The van der Waals surface area contributed by atoms with Crippen molar-refractivity contribution >= 4 is 28.9 Å². The Morgan fingerprint density at radius 3 is 2.59 bits per heavy atom. The van der Waals surface area contributed by atoms with Crippen LogP contribution in [0.4, 0.5) is 17.1 Å². The molecule has 0 saturated carbocycles. The quantitative estimate of drug-likeness (QED) is 0.791. The summed E-state index contributed by atoms with van der Waals surface area (Å²) in [5.74, 6) is 0.622. The van der Waals surface area contributed by atoms with Crippen LogP contribution in [0.25, 0.3) is 0 Å². The summed E-state index contributed by atoms with van der Waals surface area (Å²) in [6, 6.07) is 16.0. The van der Waals surface area contributed by atoms with Gasteiger partial charge >= 0.3 is 0 Å². The Bertz CT molecular complexity index is 870. The van der Waals surface area contributed by atoms with Crippen LogP contribution < -0.4 is 15.5 Å². The third-order valence-corrected chi connectivity index (χ3v) is 6.13. The normalized spacial score (nSPS) is 19.4. The lowest BCUT2D eigenvalue weighted by molar-refractivity contribution is -0.121. The smallest absolute Gasteiger partial charge is 0.227 e. The summed E-state index contributed by atoms with van der Waals surface area (Å²) in [5, 5.41) is 5.91. The van der Waals surface area contributed by atoms with Gasteiger partial charge in [-0.1, -0.05) is 25.1 Å². The molecule has 1 unspecified atom stereocenters. The molecule has 152 valence electrons. The first kappa shape index (κ1) is 19.5. The third-order valence-electron chi connectivity index (χ3n) is 6.13. The first-order valence-corrected chi connectivity index (χ1v) is 10.6. The fourth-order valence-corrected chi connectivity index (χ4v) is 4.20. The highest BCUT2D eigenvalue weighted by Crippen LogP contribution is 2.28. The molecule has 5 heteroatoms. The number of piperidine rings is 1. The molecule has 2 N–H and O–H groups in total. The molecule has 2 heterocycles. The molecule has 2 amide bonds. The number of nitrogens with zero attached hydrogens (tertiary/aromatic N) is 1.